The highest BCUT2D eigenvalue weighted by Gasteiger charge is 2.21. The third kappa shape index (κ3) is 4.53. The molecule has 0 aromatic carbocycles. The molecule has 0 saturated carbocycles. The van der Waals surface area contributed by atoms with E-state index in [2.05, 4.69) is 15.5 Å². The zero-order chi connectivity index (χ0) is 15.9. The fraction of sp³-hybridized carbons (Fsp3) is 0.600. The largest absolute Gasteiger partial charge is 0.465 e. The minimum Gasteiger partial charge on any atom is -0.465 e. The lowest BCUT2D eigenvalue weighted by molar-refractivity contribution is -0.117. The third-order valence-corrected chi connectivity index (χ3v) is 4.77. The predicted molar refractivity (Wildman–Crippen MR) is 87.4 cm³/mol. The fourth-order valence-corrected chi connectivity index (χ4v) is 3.45. The maximum absolute atomic E-state index is 12.1. The number of likely N-dealkylation sites (tertiary alicyclic amines) is 1. The van der Waals surface area contributed by atoms with Gasteiger partial charge in [0.2, 0.25) is 5.91 Å². The molecule has 1 fully saturated rings. The second-order valence-electron chi connectivity index (χ2n) is 5.48. The number of anilines is 1. The molecule has 122 valence electrons. The minimum absolute atomic E-state index is 0.0874. The van der Waals surface area contributed by atoms with Crippen LogP contribution >= 0.6 is 11.3 Å². The van der Waals surface area contributed by atoms with Crippen LogP contribution < -0.4 is 10.6 Å². The first-order valence-corrected chi connectivity index (χ1v) is 8.34. The van der Waals surface area contributed by atoms with Gasteiger partial charge in [-0.05, 0) is 56.9 Å². The number of thiophene rings is 1. The summed E-state index contributed by atoms with van der Waals surface area (Å²) < 4.78 is 4.71. The van der Waals surface area contributed by atoms with Crippen LogP contribution in [0.1, 0.15) is 22.5 Å². The Hall–Kier alpha value is -1.44. The molecule has 1 amide bonds. The lowest BCUT2D eigenvalue weighted by atomic mass is 9.97. The van der Waals surface area contributed by atoms with Gasteiger partial charge in [-0.3, -0.25) is 9.69 Å². The van der Waals surface area contributed by atoms with E-state index in [0.29, 0.717) is 23.0 Å². The zero-order valence-electron chi connectivity index (χ0n) is 13.1. The van der Waals surface area contributed by atoms with Crippen molar-refractivity contribution in [2.45, 2.75) is 12.8 Å². The van der Waals surface area contributed by atoms with E-state index in [0.717, 1.165) is 32.5 Å². The van der Waals surface area contributed by atoms with Crippen molar-refractivity contribution in [2.75, 3.05) is 45.7 Å². The summed E-state index contributed by atoms with van der Waals surface area (Å²) in [5.41, 5.74) is 0.534. The van der Waals surface area contributed by atoms with Gasteiger partial charge in [0, 0.05) is 0 Å². The molecule has 0 spiro atoms. The van der Waals surface area contributed by atoms with Crippen LogP contribution in [0.4, 0.5) is 5.69 Å². The van der Waals surface area contributed by atoms with E-state index >= 15 is 0 Å². The molecule has 1 aromatic heterocycles. The standard InChI is InChI=1S/C15H23N3O3S/c1-16-9-11-3-6-18(7-4-11)10-13(19)17-12-5-8-22-14(12)15(20)21-2/h5,8,11,16H,3-4,6-7,9-10H2,1-2H3,(H,17,19). The van der Waals surface area contributed by atoms with Gasteiger partial charge in [-0.1, -0.05) is 0 Å². The summed E-state index contributed by atoms with van der Waals surface area (Å²) in [6, 6.07) is 1.73. The van der Waals surface area contributed by atoms with Gasteiger partial charge in [-0.25, -0.2) is 4.79 Å². The van der Waals surface area contributed by atoms with E-state index < -0.39 is 5.97 Å². The molecule has 1 saturated heterocycles. The van der Waals surface area contributed by atoms with Crippen molar-refractivity contribution in [3.05, 3.63) is 16.3 Å². The Kier molecular flexibility index (Phi) is 6.35. The van der Waals surface area contributed by atoms with Crippen molar-refractivity contribution in [3.63, 3.8) is 0 Å². The minimum atomic E-state index is -0.418. The number of ether oxygens (including phenoxy) is 1. The van der Waals surface area contributed by atoms with E-state index in [1.165, 1.54) is 18.4 Å². The molecule has 0 aliphatic carbocycles. The van der Waals surface area contributed by atoms with Gasteiger partial charge >= 0.3 is 5.97 Å². The number of methoxy groups -OCH3 is 1. The van der Waals surface area contributed by atoms with Crippen molar-refractivity contribution >= 4 is 28.9 Å². The monoisotopic (exact) mass is 325 g/mol. The maximum atomic E-state index is 12.1. The number of piperidine rings is 1. The Morgan fingerprint density at radius 3 is 2.77 bits per heavy atom. The summed E-state index contributed by atoms with van der Waals surface area (Å²) in [4.78, 5) is 26.3. The van der Waals surface area contributed by atoms with Crippen molar-refractivity contribution in [3.8, 4) is 0 Å². The van der Waals surface area contributed by atoms with E-state index in [4.69, 9.17) is 4.74 Å². The zero-order valence-corrected chi connectivity index (χ0v) is 13.9. The van der Waals surface area contributed by atoms with Crippen LogP contribution in [0.25, 0.3) is 0 Å². The maximum Gasteiger partial charge on any atom is 0.350 e. The van der Waals surface area contributed by atoms with E-state index in [1.54, 1.807) is 11.4 Å². The van der Waals surface area contributed by atoms with Crippen LogP contribution in [0.3, 0.4) is 0 Å². The number of nitrogens with zero attached hydrogens (tertiary/aromatic N) is 1. The summed E-state index contributed by atoms with van der Waals surface area (Å²) in [6.07, 6.45) is 2.22. The quantitative estimate of drug-likeness (QED) is 0.774. The number of hydrogen-bond acceptors (Lipinski definition) is 6. The Balaban J connectivity index is 1.82. The molecule has 1 aliphatic rings. The van der Waals surface area contributed by atoms with Crippen LogP contribution in [0.15, 0.2) is 11.4 Å². The molecule has 6 nitrogen and oxygen atoms in total. The number of nitrogens with one attached hydrogen (secondary N) is 2. The molecule has 2 rings (SSSR count). The average Bonchev–Trinajstić information content (AvgIpc) is 2.96. The average molecular weight is 325 g/mol. The molecular formula is C15H23N3O3S. The molecule has 0 atom stereocenters. The van der Waals surface area contributed by atoms with E-state index in [1.807, 2.05) is 7.05 Å². The number of rotatable bonds is 6. The number of carbonyl (C=O) groups excluding carboxylic acids is 2. The Labute approximate surface area is 134 Å². The summed E-state index contributed by atoms with van der Waals surface area (Å²) in [6.45, 7) is 3.28. The third-order valence-electron chi connectivity index (χ3n) is 3.88. The molecule has 1 aliphatic heterocycles. The molecular weight excluding hydrogens is 302 g/mol. The molecule has 0 unspecified atom stereocenters. The Bertz CT molecular complexity index is 510. The number of esters is 1. The second kappa shape index (κ2) is 8.26. The first kappa shape index (κ1) is 16.9. The van der Waals surface area contributed by atoms with Crippen LogP contribution in [-0.4, -0.2) is 57.1 Å². The lowest BCUT2D eigenvalue weighted by Gasteiger charge is -2.31. The van der Waals surface area contributed by atoms with Crippen LogP contribution in [-0.2, 0) is 9.53 Å². The van der Waals surface area contributed by atoms with Crippen molar-refractivity contribution in [1.82, 2.24) is 10.2 Å². The van der Waals surface area contributed by atoms with Gasteiger partial charge in [0.25, 0.3) is 0 Å². The molecule has 1 aromatic rings. The van der Waals surface area contributed by atoms with Crippen molar-refractivity contribution in [1.29, 1.82) is 0 Å². The molecule has 22 heavy (non-hydrogen) atoms. The van der Waals surface area contributed by atoms with Gasteiger partial charge < -0.3 is 15.4 Å². The topological polar surface area (TPSA) is 70.7 Å². The fourth-order valence-electron chi connectivity index (χ4n) is 2.69. The molecule has 2 heterocycles. The number of amides is 1. The SMILES string of the molecule is CNCC1CCN(CC(=O)Nc2ccsc2C(=O)OC)CC1. The lowest BCUT2D eigenvalue weighted by Crippen LogP contribution is -2.40. The van der Waals surface area contributed by atoms with Crippen LogP contribution in [0.5, 0.6) is 0 Å². The molecule has 7 heteroatoms. The molecule has 0 bridgehead atoms. The van der Waals surface area contributed by atoms with Gasteiger partial charge in [0.05, 0.1) is 19.3 Å². The predicted octanol–water partition coefficient (Wildman–Crippen LogP) is 1.40. The van der Waals surface area contributed by atoms with E-state index in [-0.39, 0.29) is 5.91 Å². The first-order valence-electron chi connectivity index (χ1n) is 7.46. The highest BCUT2D eigenvalue weighted by molar-refractivity contribution is 7.12. The molecule has 0 radical (unpaired) electrons. The first-order chi connectivity index (χ1) is 10.6. The van der Waals surface area contributed by atoms with Crippen LogP contribution in [0.2, 0.25) is 0 Å². The van der Waals surface area contributed by atoms with Gasteiger partial charge in [0.1, 0.15) is 4.88 Å². The van der Waals surface area contributed by atoms with Crippen molar-refractivity contribution < 1.29 is 14.3 Å². The van der Waals surface area contributed by atoms with Crippen LogP contribution in [0, 0.1) is 5.92 Å². The summed E-state index contributed by atoms with van der Waals surface area (Å²) in [5, 5.41) is 7.78. The van der Waals surface area contributed by atoms with E-state index in [9.17, 15) is 9.59 Å². The number of carbonyl (C=O) groups is 2. The summed E-state index contributed by atoms with van der Waals surface area (Å²) >= 11 is 1.27. The van der Waals surface area contributed by atoms with Gasteiger partial charge in [-0.2, -0.15) is 0 Å². The summed E-state index contributed by atoms with van der Waals surface area (Å²) in [5.74, 6) is 0.195. The Morgan fingerprint density at radius 2 is 2.14 bits per heavy atom. The summed E-state index contributed by atoms with van der Waals surface area (Å²) in [7, 11) is 3.31. The van der Waals surface area contributed by atoms with Gasteiger partial charge in [-0.15, -0.1) is 11.3 Å². The highest BCUT2D eigenvalue weighted by Crippen LogP contribution is 2.23. The molecule has 2 N–H and O–H groups in total. The normalized spacial score (nSPS) is 16.5. The second-order valence-corrected chi connectivity index (χ2v) is 6.40. The Morgan fingerprint density at radius 1 is 1.41 bits per heavy atom. The van der Waals surface area contributed by atoms with Gasteiger partial charge in [0.15, 0.2) is 0 Å². The smallest absolute Gasteiger partial charge is 0.350 e. The number of hydrogen-bond donors (Lipinski definition) is 2. The van der Waals surface area contributed by atoms with Crippen molar-refractivity contribution in [2.24, 2.45) is 5.92 Å². The highest BCUT2D eigenvalue weighted by atomic mass is 32.1.